The van der Waals surface area contributed by atoms with Crippen molar-refractivity contribution in [3.05, 3.63) is 43.5 Å². The van der Waals surface area contributed by atoms with E-state index < -0.39 is 0 Å². The van der Waals surface area contributed by atoms with E-state index in [1.807, 2.05) is 6.92 Å². The quantitative estimate of drug-likeness (QED) is 0.787. The Morgan fingerprint density at radius 1 is 1.47 bits per heavy atom. The summed E-state index contributed by atoms with van der Waals surface area (Å²) < 4.78 is 0.724. The van der Waals surface area contributed by atoms with Gasteiger partial charge in [-0.3, -0.25) is 4.79 Å². The Bertz CT molecular complexity index is 617. The smallest absolute Gasteiger partial charge is 0.257 e. The van der Waals surface area contributed by atoms with Crippen LogP contribution in [0.2, 0.25) is 5.15 Å². The number of hydrogen-bond acceptors (Lipinski definition) is 4. The molecule has 0 saturated carbocycles. The van der Waals surface area contributed by atoms with Gasteiger partial charge >= 0.3 is 0 Å². The van der Waals surface area contributed by atoms with Gasteiger partial charge < -0.3 is 4.90 Å². The van der Waals surface area contributed by atoms with Crippen LogP contribution >= 0.6 is 38.9 Å². The molecule has 19 heavy (non-hydrogen) atoms. The molecule has 0 bridgehead atoms. The summed E-state index contributed by atoms with van der Waals surface area (Å²) in [6.07, 6.45) is 3.34. The van der Waals surface area contributed by atoms with Gasteiger partial charge in [0.1, 0.15) is 5.15 Å². The molecule has 2 aromatic heterocycles. The van der Waals surface area contributed by atoms with E-state index in [2.05, 4.69) is 25.9 Å². The Kier molecular flexibility index (Phi) is 4.54. The van der Waals surface area contributed by atoms with Crippen LogP contribution in [0.15, 0.2) is 22.9 Å². The molecule has 4 nitrogen and oxygen atoms in total. The Morgan fingerprint density at radius 3 is 2.84 bits per heavy atom. The summed E-state index contributed by atoms with van der Waals surface area (Å²) in [5, 5.41) is 1.19. The standard InChI is InChI=1S/C12H11BrClN3OS/c1-7-15-5-9(19-7)6-17(2)12(18)10-3-8(13)4-16-11(10)14/h3-5H,6H2,1-2H3. The molecule has 0 radical (unpaired) electrons. The van der Waals surface area contributed by atoms with Crippen LogP contribution < -0.4 is 0 Å². The van der Waals surface area contributed by atoms with Crippen molar-refractivity contribution in [2.75, 3.05) is 7.05 Å². The van der Waals surface area contributed by atoms with Crippen LogP contribution in [0.5, 0.6) is 0 Å². The lowest BCUT2D eigenvalue weighted by Gasteiger charge is -2.16. The summed E-state index contributed by atoms with van der Waals surface area (Å²) in [5.74, 6) is -0.162. The zero-order chi connectivity index (χ0) is 14.0. The van der Waals surface area contributed by atoms with Crippen LogP contribution in [0, 0.1) is 6.92 Å². The Morgan fingerprint density at radius 2 is 2.21 bits per heavy atom. The summed E-state index contributed by atoms with van der Waals surface area (Å²) in [6.45, 7) is 2.44. The van der Waals surface area contributed by atoms with Crippen molar-refractivity contribution in [1.82, 2.24) is 14.9 Å². The highest BCUT2D eigenvalue weighted by atomic mass is 79.9. The minimum atomic E-state index is -0.162. The lowest BCUT2D eigenvalue weighted by Crippen LogP contribution is -2.26. The number of nitrogens with zero attached hydrogens (tertiary/aromatic N) is 3. The monoisotopic (exact) mass is 359 g/mol. The van der Waals surface area contributed by atoms with E-state index >= 15 is 0 Å². The minimum Gasteiger partial charge on any atom is -0.336 e. The van der Waals surface area contributed by atoms with Gasteiger partial charge in [-0.25, -0.2) is 9.97 Å². The molecule has 0 aromatic carbocycles. The molecule has 0 aliphatic heterocycles. The van der Waals surface area contributed by atoms with Gasteiger partial charge in [0.05, 0.1) is 17.1 Å². The molecule has 2 rings (SSSR count). The van der Waals surface area contributed by atoms with Crippen molar-refractivity contribution in [2.45, 2.75) is 13.5 Å². The van der Waals surface area contributed by atoms with Crippen LogP contribution in [-0.2, 0) is 6.54 Å². The molecule has 0 fully saturated rings. The largest absolute Gasteiger partial charge is 0.336 e. The lowest BCUT2D eigenvalue weighted by atomic mass is 10.2. The molecule has 0 atom stereocenters. The number of pyridine rings is 1. The van der Waals surface area contributed by atoms with E-state index in [1.165, 1.54) is 0 Å². The molecule has 100 valence electrons. The topological polar surface area (TPSA) is 46.1 Å². The van der Waals surface area contributed by atoms with Gasteiger partial charge in [-0.15, -0.1) is 11.3 Å². The number of halogens is 2. The van der Waals surface area contributed by atoms with E-state index in [4.69, 9.17) is 11.6 Å². The molecular weight excluding hydrogens is 350 g/mol. The molecule has 0 unspecified atom stereocenters. The molecule has 2 aromatic rings. The van der Waals surface area contributed by atoms with E-state index in [-0.39, 0.29) is 11.1 Å². The van der Waals surface area contributed by atoms with Gasteiger partial charge in [-0.05, 0) is 28.9 Å². The first-order valence-electron chi connectivity index (χ1n) is 5.45. The van der Waals surface area contributed by atoms with Crippen molar-refractivity contribution < 1.29 is 4.79 Å². The third kappa shape index (κ3) is 3.52. The molecule has 7 heteroatoms. The molecular formula is C12H11BrClN3OS. The maximum atomic E-state index is 12.3. The first-order chi connectivity index (χ1) is 8.97. The van der Waals surface area contributed by atoms with Crippen molar-refractivity contribution in [1.29, 1.82) is 0 Å². The van der Waals surface area contributed by atoms with Crippen LogP contribution in [-0.4, -0.2) is 27.8 Å². The fourth-order valence-electron chi connectivity index (χ4n) is 1.56. The van der Waals surface area contributed by atoms with E-state index in [0.29, 0.717) is 12.1 Å². The number of aromatic nitrogens is 2. The number of amides is 1. The van der Waals surface area contributed by atoms with Crippen LogP contribution in [0.1, 0.15) is 20.2 Å². The second-order valence-corrected chi connectivity index (χ2v) is 6.59. The van der Waals surface area contributed by atoms with Crippen LogP contribution in [0.25, 0.3) is 0 Å². The highest BCUT2D eigenvalue weighted by Gasteiger charge is 2.17. The van der Waals surface area contributed by atoms with Gasteiger partial charge in [0, 0.05) is 28.8 Å². The SMILES string of the molecule is Cc1ncc(CN(C)C(=O)c2cc(Br)cnc2Cl)s1. The average molecular weight is 361 g/mol. The zero-order valence-electron chi connectivity index (χ0n) is 10.4. The molecule has 2 heterocycles. The maximum absolute atomic E-state index is 12.3. The van der Waals surface area contributed by atoms with Crippen molar-refractivity contribution in [3.63, 3.8) is 0 Å². The summed E-state index contributed by atoms with van der Waals surface area (Å²) in [6, 6.07) is 1.67. The van der Waals surface area contributed by atoms with E-state index in [0.717, 1.165) is 14.4 Å². The lowest BCUT2D eigenvalue weighted by molar-refractivity contribution is 0.0786. The van der Waals surface area contributed by atoms with Gasteiger partial charge in [-0.2, -0.15) is 0 Å². The van der Waals surface area contributed by atoms with Gasteiger partial charge in [-0.1, -0.05) is 11.6 Å². The number of rotatable bonds is 3. The molecule has 0 aliphatic rings. The molecule has 0 saturated heterocycles. The predicted octanol–water partition coefficient (Wildman–Crippen LogP) is 3.53. The number of hydrogen-bond donors (Lipinski definition) is 0. The first kappa shape index (κ1) is 14.4. The summed E-state index contributed by atoms with van der Waals surface area (Å²) in [4.78, 5) is 23.1. The number of thiazole rings is 1. The van der Waals surface area contributed by atoms with Crippen molar-refractivity contribution in [2.24, 2.45) is 0 Å². The minimum absolute atomic E-state index is 0.162. The molecule has 0 spiro atoms. The first-order valence-corrected chi connectivity index (χ1v) is 7.44. The number of carbonyl (C=O) groups is 1. The molecule has 0 N–H and O–H groups in total. The Hall–Kier alpha value is -0.980. The molecule has 0 aliphatic carbocycles. The van der Waals surface area contributed by atoms with Crippen molar-refractivity contribution in [3.8, 4) is 0 Å². The predicted molar refractivity (Wildman–Crippen MR) is 79.6 cm³/mol. The van der Waals surface area contributed by atoms with E-state index in [1.54, 1.807) is 41.7 Å². The Labute approximate surface area is 128 Å². The maximum Gasteiger partial charge on any atom is 0.257 e. The number of carbonyl (C=O) groups excluding carboxylic acids is 1. The van der Waals surface area contributed by atoms with Gasteiger partial charge in [0.15, 0.2) is 0 Å². The van der Waals surface area contributed by atoms with E-state index in [9.17, 15) is 4.79 Å². The summed E-state index contributed by atoms with van der Waals surface area (Å²) in [5.41, 5.74) is 0.389. The number of aryl methyl sites for hydroxylation is 1. The highest BCUT2D eigenvalue weighted by Crippen LogP contribution is 2.21. The second kappa shape index (κ2) is 5.98. The van der Waals surface area contributed by atoms with Crippen LogP contribution in [0.3, 0.4) is 0 Å². The summed E-state index contributed by atoms with van der Waals surface area (Å²) >= 11 is 10.8. The summed E-state index contributed by atoms with van der Waals surface area (Å²) in [7, 11) is 1.73. The van der Waals surface area contributed by atoms with Gasteiger partial charge in [0.25, 0.3) is 5.91 Å². The average Bonchev–Trinajstić information content (AvgIpc) is 2.77. The third-order valence-electron chi connectivity index (χ3n) is 2.44. The van der Waals surface area contributed by atoms with Crippen molar-refractivity contribution >= 4 is 44.8 Å². The highest BCUT2D eigenvalue weighted by molar-refractivity contribution is 9.10. The third-order valence-corrected chi connectivity index (χ3v) is 4.08. The zero-order valence-corrected chi connectivity index (χ0v) is 13.5. The normalized spacial score (nSPS) is 10.5. The van der Waals surface area contributed by atoms with Gasteiger partial charge in [0.2, 0.25) is 0 Å². The molecule has 1 amide bonds. The Balaban J connectivity index is 2.16. The second-order valence-electron chi connectivity index (χ2n) is 4.00. The fourth-order valence-corrected chi connectivity index (χ4v) is 2.93. The van der Waals surface area contributed by atoms with Crippen LogP contribution in [0.4, 0.5) is 0 Å². The fraction of sp³-hybridized carbons (Fsp3) is 0.250.